The SMILES string of the molecule is Cn1c(=O)c2c(SCC(=O)N3CCOCC3)nc(-c3ccc(Br)cc3)nc2n(C)c1=O. The van der Waals surface area contributed by atoms with Gasteiger partial charge in [0.05, 0.1) is 19.0 Å². The third-order valence-electron chi connectivity index (χ3n) is 5.07. The molecule has 0 spiro atoms. The number of hydrogen-bond acceptors (Lipinski definition) is 7. The van der Waals surface area contributed by atoms with Gasteiger partial charge in [0.25, 0.3) is 5.56 Å². The smallest absolute Gasteiger partial charge is 0.332 e. The summed E-state index contributed by atoms with van der Waals surface area (Å²) in [6, 6.07) is 7.41. The highest BCUT2D eigenvalue weighted by atomic mass is 79.9. The van der Waals surface area contributed by atoms with E-state index in [2.05, 4.69) is 25.9 Å². The highest BCUT2D eigenvalue weighted by Gasteiger charge is 2.21. The number of morpholine rings is 1. The molecule has 9 nitrogen and oxygen atoms in total. The first-order chi connectivity index (χ1) is 14.9. The molecule has 2 aromatic heterocycles. The fraction of sp³-hybridized carbons (Fsp3) is 0.350. The molecule has 1 fully saturated rings. The largest absolute Gasteiger partial charge is 0.378 e. The van der Waals surface area contributed by atoms with Crippen LogP contribution in [0.4, 0.5) is 0 Å². The van der Waals surface area contributed by atoms with Crippen LogP contribution in [0.5, 0.6) is 0 Å². The number of hydrogen-bond donors (Lipinski definition) is 0. The quantitative estimate of drug-likeness (QED) is 0.390. The zero-order chi connectivity index (χ0) is 22.1. The van der Waals surface area contributed by atoms with Gasteiger partial charge in [-0.25, -0.2) is 14.8 Å². The van der Waals surface area contributed by atoms with Crippen LogP contribution in [-0.4, -0.2) is 62.0 Å². The zero-order valence-electron chi connectivity index (χ0n) is 17.0. The first kappa shape index (κ1) is 21.7. The third-order valence-corrected chi connectivity index (χ3v) is 6.55. The normalized spacial score (nSPS) is 14.2. The maximum atomic E-state index is 12.9. The van der Waals surface area contributed by atoms with Crippen molar-refractivity contribution < 1.29 is 9.53 Å². The molecular formula is C20H20BrN5O4S. The highest BCUT2D eigenvalue weighted by molar-refractivity contribution is 9.10. The predicted molar refractivity (Wildman–Crippen MR) is 121 cm³/mol. The van der Waals surface area contributed by atoms with Gasteiger partial charge < -0.3 is 9.64 Å². The summed E-state index contributed by atoms with van der Waals surface area (Å²) in [5.41, 5.74) is 0.0157. The average Bonchev–Trinajstić information content (AvgIpc) is 2.80. The Balaban J connectivity index is 1.81. The average molecular weight is 506 g/mol. The van der Waals surface area contributed by atoms with E-state index in [1.807, 2.05) is 24.3 Å². The van der Waals surface area contributed by atoms with Gasteiger partial charge in [-0.05, 0) is 12.1 Å². The number of aryl methyl sites for hydroxylation is 1. The Morgan fingerprint density at radius 1 is 1.10 bits per heavy atom. The first-order valence-electron chi connectivity index (χ1n) is 9.59. The summed E-state index contributed by atoms with van der Waals surface area (Å²) >= 11 is 4.58. The van der Waals surface area contributed by atoms with Crippen molar-refractivity contribution in [3.63, 3.8) is 0 Å². The van der Waals surface area contributed by atoms with Crippen molar-refractivity contribution in [3.8, 4) is 11.4 Å². The van der Waals surface area contributed by atoms with E-state index in [1.165, 1.54) is 23.4 Å². The minimum Gasteiger partial charge on any atom is -0.378 e. The number of carbonyl (C=O) groups excluding carboxylic acids is 1. The molecule has 31 heavy (non-hydrogen) atoms. The monoisotopic (exact) mass is 505 g/mol. The molecule has 1 saturated heterocycles. The lowest BCUT2D eigenvalue weighted by atomic mass is 10.2. The van der Waals surface area contributed by atoms with Crippen LogP contribution in [0.2, 0.25) is 0 Å². The lowest BCUT2D eigenvalue weighted by Gasteiger charge is -2.26. The van der Waals surface area contributed by atoms with E-state index in [9.17, 15) is 14.4 Å². The van der Waals surface area contributed by atoms with Crippen LogP contribution in [0.25, 0.3) is 22.4 Å². The van der Waals surface area contributed by atoms with Gasteiger partial charge in [-0.2, -0.15) is 0 Å². The number of ether oxygens (including phenoxy) is 1. The van der Waals surface area contributed by atoms with Gasteiger partial charge in [-0.1, -0.05) is 39.8 Å². The van der Waals surface area contributed by atoms with Crippen LogP contribution in [0.15, 0.2) is 43.4 Å². The molecule has 0 unspecified atom stereocenters. The molecule has 1 amide bonds. The minimum atomic E-state index is -0.484. The number of carbonyl (C=O) groups is 1. The molecule has 0 radical (unpaired) electrons. The van der Waals surface area contributed by atoms with Gasteiger partial charge in [0, 0.05) is 37.2 Å². The summed E-state index contributed by atoms with van der Waals surface area (Å²) in [6.45, 7) is 2.13. The van der Waals surface area contributed by atoms with Gasteiger partial charge in [-0.3, -0.25) is 18.7 Å². The lowest BCUT2D eigenvalue weighted by molar-refractivity contribution is -0.132. The van der Waals surface area contributed by atoms with Gasteiger partial charge in [0.15, 0.2) is 11.5 Å². The first-order valence-corrected chi connectivity index (χ1v) is 11.4. The second-order valence-electron chi connectivity index (χ2n) is 7.05. The lowest BCUT2D eigenvalue weighted by Crippen LogP contribution is -2.41. The zero-order valence-corrected chi connectivity index (χ0v) is 19.4. The number of benzene rings is 1. The predicted octanol–water partition coefficient (Wildman–Crippen LogP) is 1.41. The molecule has 0 saturated carbocycles. The number of fused-ring (bicyclic) bond motifs is 1. The highest BCUT2D eigenvalue weighted by Crippen LogP contribution is 2.27. The van der Waals surface area contributed by atoms with Crippen molar-refractivity contribution in [1.29, 1.82) is 0 Å². The van der Waals surface area contributed by atoms with Crippen molar-refractivity contribution in [2.45, 2.75) is 5.03 Å². The second-order valence-corrected chi connectivity index (χ2v) is 8.93. The molecule has 0 aliphatic carbocycles. The molecule has 0 bridgehead atoms. The molecule has 1 aliphatic rings. The van der Waals surface area contributed by atoms with Crippen LogP contribution in [0.3, 0.4) is 0 Å². The summed E-state index contributed by atoms with van der Waals surface area (Å²) < 4.78 is 8.56. The Bertz CT molecular complexity index is 1270. The van der Waals surface area contributed by atoms with E-state index in [-0.39, 0.29) is 22.7 Å². The van der Waals surface area contributed by atoms with Gasteiger partial charge in [-0.15, -0.1) is 0 Å². The fourth-order valence-electron chi connectivity index (χ4n) is 3.30. The van der Waals surface area contributed by atoms with Crippen LogP contribution in [-0.2, 0) is 23.6 Å². The van der Waals surface area contributed by atoms with E-state index in [0.29, 0.717) is 37.2 Å². The summed E-state index contributed by atoms with van der Waals surface area (Å²) in [7, 11) is 2.98. The van der Waals surface area contributed by atoms with Gasteiger partial charge in [0.2, 0.25) is 5.91 Å². The Morgan fingerprint density at radius 3 is 2.45 bits per heavy atom. The van der Waals surface area contributed by atoms with E-state index >= 15 is 0 Å². The maximum Gasteiger partial charge on any atom is 0.332 e. The van der Waals surface area contributed by atoms with Crippen molar-refractivity contribution in [2.75, 3.05) is 32.1 Å². The number of thioether (sulfide) groups is 1. The van der Waals surface area contributed by atoms with Crippen molar-refractivity contribution >= 4 is 44.6 Å². The molecule has 3 aromatic rings. The van der Waals surface area contributed by atoms with E-state index in [4.69, 9.17) is 4.74 Å². The molecule has 4 rings (SSSR count). The van der Waals surface area contributed by atoms with Crippen LogP contribution >= 0.6 is 27.7 Å². The molecule has 11 heteroatoms. The number of nitrogens with zero attached hydrogens (tertiary/aromatic N) is 5. The molecular weight excluding hydrogens is 486 g/mol. The van der Waals surface area contributed by atoms with Gasteiger partial charge >= 0.3 is 5.69 Å². The van der Waals surface area contributed by atoms with E-state index in [1.54, 1.807) is 11.9 Å². The Kier molecular flexibility index (Phi) is 6.26. The number of amides is 1. The Morgan fingerprint density at radius 2 is 1.77 bits per heavy atom. The summed E-state index contributed by atoms with van der Waals surface area (Å²) in [5.74, 6) is 0.453. The number of rotatable bonds is 4. The molecule has 1 aromatic carbocycles. The van der Waals surface area contributed by atoms with Crippen LogP contribution < -0.4 is 11.2 Å². The Labute approximate surface area is 190 Å². The second kappa shape index (κ2) is 8.93. The van der Waals surface area contributed by atoms with Crippen molar-refractivity contribution in [3.05, 3.63) is 49.6 Å². The maximum absolute atomic E-state index is 12.9. The summed E-state index contributed by atoms with van der Waals surface area (Å²) in [6.07, 6.45) is 0. The summed E-state index contributed by atoms with van der Waals surface area (Å²) in [5, 5.41) is 0.603. The van der Waals surface area contributed by atoms with Crippen molar-refractivity contribution in [2.24, 2.45) is 14.1 Å². The van der Waals surface area contributed by atoms with Crippen LogP contribution in [0, 0.1) is 0 Å². The minimum absolute atomic E-state index is 0.0492. The molecule has 162 valence electrons. The molecule has 1 aliphatic heterocycles. The fourth-order valence-corrected chi connectivity index (χ4v) is 4.48. The van der Waals surface area contributed by atoms with E-state index < -0.39 is 11.2 Å². The molecule has 0 N–H and O–H groups in total. The van der Waals surface area contributed by atoms with Gasteiger partial charge in [0.1, 0.15) is 10.4 Å². The van der Waals surface area contributed by atoms with E-state index in [0.717, 1.165) is 14.6 Å². The Hall–Kier alpha value is -2.50. The summed E-state index contributed by atoms with van der Waals surface area (Å²) in [4.78, 5) is 48.8. The number of halogens is 1. The standard InChI is InChI=1S/C20H20BrN5O4S/c1-24-17-15(19(28)25(2)20(24)29)18(31-11-14(27)26-7-9-30-10-8-26)23-16(22-17)12-3-5-13(21)6-4-12/h3-6H,7-11H2,1-2H3. The third kappa shape index (κ3) is 4.30. The van der Waals surface area contributed by atoms with Crippen LogP contribution in [0.1, 0.15) is 0 Å². The molecule has 3 heterocycles. The molecule has 0 atom stereocenters. The van der Waals surface area contributed by atoms with Crippen molar-refractivity contribution in [1.82, 2.24) is 24.0 Å². The number of aromatic nitrogens is 4. The topological polar surface area (TPSA) is 99.3 Å².